The summed E-state index contributed by atoms with van der Waals surface area (Å²) in [6.07, 6.45) is -0.0158. The van der Waals surface area contributed by atoms with Crippen LogP contribution in [-0.2, 0) is 24.5 Å². The third-order valence-electron chi connectivity index (χ3n) is 3.26. The molecule has 1 atom stereocenters. The van der Waals surface area contributed by atoms with Gasteiger partial charge in [0.05, 0.1) is 26.6 Å². The number of ether oxygens (including phenoxy) is 2. The van der Waals surface area contributed by atoms with Crippen molar-refractivity contribution in [1.29, 1.82) is 0 Å². The van der Waals surface area contributed by atoms with Gasteiger partial charge in [0.25, 0.3) is 0 Å². The summed E-state index contributed by atoms with van der Waals surface area (Å²) in [6, 6.07) is 7.68. The van der Waals surface area contributed by atoms with Gasteiger partial charge < -0.3 is 9.47 Å². The molecule has 0 heterocycles. The quantitative estimate of drug-likeness (QED) is 0.795. The minimum Gasteiger partial charge on any atom is -0.469 e. The van der Waals surface area contributed by atoms with Crippen LogP contribution in [0.15, 0.2) is 24.3 Å². The standard InChI is InChI=1S/C16H22O4/c1-16(2,3)12-8-6-11(7-9-12)13(15(18)20-5)10-14(17)19-4/h6-9,13H,10H2,1-5H3/t13-/m1/s1. The van der Waals surface area contributed by atoms with Gasteiger partial charge in [-0.05, 0) is 16.5 Å². The summed E-state index contributed by atoms with van der Waals surface area (Å²) in [5.41, 5.74) is 1.97. The highest BCUT2D eigenvalue weighted by Crippen LogP contribution is 2.26. The molecule has 1 rings (SSSR count). The molecule has 0 aliphatic heterocycles. The number of methoxy groups -OCH3 is 2. The predicted octanol–water partition coefficient (Wildman–Crippen LogP) is 2.80. The van der Waals surface area contributed by atoms with E-state index in [0.29, 0.717) is 0 Å². The number of rotatable bonds is 4. The molecule has 20 heavy (non-hydrogen) atoms. The van der Waals surface area contributed by atoms with Gasteiger partial charge in [0.15, 0.2) is 0 Å². The smallest absolute Gasteiger partial charge is 0.313 e. The van der Waals surface area contributed by atoms with Crippen molar-refractivity contribution in [1.82, 2.24) is 0 Å². The average molecular weight is 278 g/mol. The molecule has 0 amide bonds. The minimum atomic E-state index is -0.624. The molecule has 110 valence electrons. The maximum Gasteiger partial charge on any atom is 0.313 e. The predicted molar refractivity (Wildman–Crippen MR) is 76.5 cm³/mol. The van der Waals surface area contributed by atoms with E-state index in [1.807, 2.05) is 24.3 Å². The van der Waals surface area contributed by atoms with Crippen molar-refractivity contribution in [3.8, 4) is 0 Å². The third-order valence-corrected chi connectivity index (χ3v) is 3.26. The van der Waals surface area contributed by atoms with Crippen molar-refractivity contribution < 1.29 is 19.1 Å². The molecule has 0 radical (unpaired) electrons. The summed E-state index contributed by atoms with van der Waals surface area (Å²) in [4.78, 5) is 23.2. The van der Waals surface area contributed by atoms with Gasteiger partial charge >= 0.3 is 11.9 Å². The summed E-state index contributed by atoms with van der Waals surface area (Å²) < 4.78 is 9.39. The van der Waals surface area contributed by atoms with Crippen LogP contribution in [0.25, 0.3) is 0 Å². The van der Waals surface area contributed by atoms with Gasteiger partial charge in [0.1, 0.15) is 0 Å². The van der Waals surface area contributed by atoms with Crippen molar-refractivity contribution in [2.45, 2.75) is 38.5 Å². The summed E-state index contributed by atoms with van der Waals surface area (Å²) in [7, 11) is 2.62. The Morgan fingerprint density at radius 2 is 1.60 bits per heavy atom. The number of carbonyl (C=O) groups excluding carboxylic acids is 2. The second kappa shape index (κ2) is 6.55. The van der Waals surface area contributed by atoms with E-state index < -0.39 is 17.9 Å². The lowest BCUT2D eigenvalue weighted by molar-refractivity contribution is -0.149. The van der Waals surface area contributed by atoms with Gasteiger partial charge in [-0.3, -0.25) is 9.59 Å². The van der Waals surface area contributed by atoms with Crippen LogP contribution in [0.3, 0.4) is 0 Å². The summed E-state index contributed by atoms with van der Waals surface area (Å²) >= 11 is 0. The Balaban J connectivity index is 3.02. The van der Waals surface area contributed by atoms with Gasteiger partial charge in [-0.2, -0.15) is 0 Å². The van der Waals surface area contributed by atoms with Crippen LogP contribution >= 0.6 is 0 Å². The van der Waals surface area contributed by atoms with E-state index in [2.05, 4.69) is 25.5 Å². The number of carbonyl (C=O) groups is 2. The van der Waals surface area contributed by atoms with Crippen LogP contribution in [0.2, 0.25) is 0 Å². The van der Waals surface area contributed by atoms with E-state index in [1.165, 1.54) is 19.8 Å². The van der Waals surface area contributed by atoms with Crippen LogP contribution in [0.5, 0.6) is 0 Å². The fourth-order valence-corrected chi connectivity index (χ4v) is 1.94. The second-order valence-corrected chi connectivity index (χ2v) is 5.73. The maximum absolute atomic E-state index is 11.8. The lowest BCUT2D eigenvalue weighted by Crippen LogP contribution is -2.19. The minimum absolute atomic E-state index is 0.0158. The molecule has 1 aromatic carbocycles. The molecule has 0 aromatic heterocycles. The molecule has 0 saturated carbocycles. The molecular weight excluding hydrogens is 256 g/mol. The first kappa shape index (κ1) is 16.2. The number of hydrogen-bond acceptors (Lipinski definition) is 4. The van der Waals surface area contributed by atoms with Gasteiger partial charge in [0.2, 0.25) is 0 Å². The van der Waals surface area contributed by atoms with E-state index in [9.17, 15) is 9.59 Å². The first-order chi connectivity index (χ1) is 9.29. The Morgan fingerprint density at radius 3 is 2.00 bits per heavy atom. The second-order valence-electron chi connectivity index (χ2n) is 5.73. The number of benzene rings is 1. The van der Waals surface area contributed by atoms with Crippen molar-refractivity contribution in [3.05, 3.63) is 35.4 Å². The fourth-order valence-electron chi connectivity index (χ4n) is 1.94. The first-order valence-corrected chi connectivity index (χ1v) is 6.54. The zero-order valence-electron chi connectivity index (χ0n) is 12.7. The average Bonchev–Trinajstić information content (AvgIpc) is 2.42. The van der Waals surface area contributed by atoms with Crippen LogP contribution in [0, 0.1) is 0 Å². The molecule has 1 aromatic rings. The summed E-state index contributed by atoms with van der Waals surface area (Å²) in [6.45, 7) is 6.36. The monoisotopic (exact) mass is 278 g/mol. The largest absolute Gasteiger partial charge is 0.469 e. The molecule has 0 fully saturated rings. The summed E-state index contributed by atoms with van der Waals surface area (Å²) in [5, 5.41) is 0. The normalized spacial score (nSPS) is 12.7. The first-order valence-electron chi connectivity index (χ1n) is 6.54. The lowest BCUT2D eigenvalue weighted by Gasteiger charge is -2.20. The molecule has 0 N–H and O–H groups in total. The topological polar surface area (TPSA) is 52.6 Å². The van der Waals surface area contributed by atoms with Gasteiger partial charge in [0, 0.05) is 0 Å². The highest BCUT2D eigenvalue weighted by molar-refractivity contribution is 5.84. The zero-order valence-corrected chi connectivity index (χ0v) is 12.7. The van der Waals surface area contributed by atoms with Crippen molar-refractivity contribution in [2.75, 3.05) is 14.2 Å². The van der Waals surface area contributed by atoms with E-state index in [1.54, 1.807) is 0 Å². The summed E-state index contributed by atoms with van der Waals surface area (Å²) in [5.74, 6) is -1.49. The van der Waals surface area contributed by atoms with Crippen LogP contribution in [-0.4, -0.2) is 26.2 Å². The molecule has 4 nitrogen and oxygen atoms in total. The highest BCUT2D eigenvalue weighted by atomic mass is 16.5. The lowest BCUT2D eigenvalue weighted by atomic mass is 9.85. The van der Waals surface area contributed by atoms with Crippen LogP contribution in [0.4, 0.5) is 0 Å². The highest BCUT2D eigenvalue weighted by Gasteiger charge is 2.25. The number of esters is 2. The van der Waals surface area contributed by atoms with E-state index in [4.69, 9.17) is 4.74 Å². The fraction of sp³-hybridized carbons (Fsp3) is 0.500. The van der Waals surface area contributed by atoms with E-state index >= 15 is 0 Å². The van der Waals surface area contributed by atoms with E-state index in [0.717, 1.165) is 5.56 Å². The Labute approximate surface area is 120 Å². The molecule has 0 unspecified atom stereocenters. The molecule has 0 saturated heterocycles. The molecule has 0 aliphatic rings. The Bertz CT molecular complexity index is 468. The molecule has 0 aliphatic carbocycles. The Morgan fingerprint density at radius 1 is 1.05 bits per heavy atom. The Hall–Kier alpha value is -1.84. The molecule has 0 bridgehead atoms. The zero-order chi connectivity index (χ0) is 15.3. The molecular formula is C16H22O4. The van der Waals surface area contributed by atoms with Gasteiger partial charge in [-0.1, -0.05) is 45.0 Å². The maximum atomic E-state index is 11.8. The van der Waals surface area contributed by atoms with E-state index in [-0.39, 0.29) is 11.8 Å². The van der Waals surface area contributed by atoms with Crippen molar-refractivity contribution in [3.63, 3.8) is 0 Å². The van der Waals surface area contributed by atoms with Crippen molar-refractivity contribution >= 4 is 11.9 Å². The van der Waals surface area contributed by atoms with Gasteiger partial charge in [-0.15, -0.1) is 0 Å². The molecule has 0 spiro atoms. The van der Waals surface area contributed by atoms with Crippen molar-refractivity contribution in [2.24, 2.45) is 0 Å². The number of hydrogen-bond donors (Lipinski definition) is 0. The van der Waals surface area contributed by atoms with Crippen LogP contribution < -0.4 is 0 Å². The molecule has 4 heteroatoms. The third kappa shape index (κ3) is 4.08. The van der Waals surface area contributed by atoms with Crippen LogP contribution in [0.1, 0.15) is 44.2 Å². The Kier molecular flexibility index (Phi) is 5.31. The SMILES string of the molecule is COC(=O)C[C@@H](C(=O)OC)c1ccc(C(C)(C)C)cc1. The van der Waals surface area contributed by atoms with Gasteiger partial charge in [-0.25, -0.2) is 0 Å².